The minimum atomic E-state index is 0.252. The van der Waals surface area contributed by atoms with Gasteiger partial charge in [0.2, 0.25) is 0 Å². The Labute approximate surface area is 156 Å². The Morgan fingerprint density at radius 3 is 1.92 bits per heavy atom. The molecule has 2 aromatic rings. The van der Waals surface area contributed by atoms with E-state index in [1.54, 1.807) is 20.9 Å². The second-order valence-electron chi connectivity index (χ2n) is 8.17. The first kappa shape index (κ1) is 18.2. The van der Waals surface area contributed by atoms with Crippen molar-refractivity contribution in [3.63, 3.8) is 0 Å². The normalized spacial score (nSPS) is 16.5. The van der Waals surface area contributed by atoms with E-state index in [0.717, 1.165) is 11.8 Å². The third-order valence-electron chi connectivity index (χ3n) is 5.69. The van der Waals surface area contributed by atoms with Crippen molar-refractivity contribution in [3.05, 3.63) is 33.0 Å². The Balaban J connectivity index is 2.12. The monoisotopic (exact) mass is 360 g/mol. The van der Waals surface area contributed by atoms with Gasteiger partial charge in [-0.05, 0) is 61.8 Å². The summed E-state index contributed by atoms with van der Waals surface area (Å²) in [6.07, 6.45) is 6.69. The molecule has 0 aromatic carbocycles. The Morgan fingerprint density at radius 2 is 1.46 bits per heavy atom. The number of aryl methyl sites for hydroxylation is 2. The van der Waals surface area contributed by atoms with Crippen LogP contribution in [0.4, 0.5) is 0 Å². The number of rotatable bonds is 7. The summed E-state index contributed by atoms with van der Waals surface area (Å²) in [5.41, 5.74) is 3.56. The molecule has 0 spiro atoms. The zero-order valence-corrected chi connectivity index (χ0v) is 17.8. The van der Waals surface area contributed by atoms with Crippen LogP contribution in [-0.2, 0) is 5.41 Å². The maximum atomic E-state index is 2.52. The highest BCUT2D eigenvalue weighted by atomic mass is 32.1. The van der Waals surface area contributed by atoms with Crippen LogP contribution in [0.15, 0.2) is 12.1 Å². The van der Waals surface area contributed by atoms with E-state index in [1.807, 2.05) is 22.7 Å². The SMILES string of the molecule is CCCCCC(C)C1(CC(C)C)c2cc(C)sc2-c2sc(C)cc21. The Hall–Kier alpha value is -0.600. The van der Waals surface area contributed by atoms with Gasteiger partial charge in [0.05, 0.1) is 0 Å². The topological polar surface area (TPSA) is 0 Å². The van der Waals surface area contributed by atoms with E-state index < -0.39 is 0 Å². The van der Waals surface area contributed by atoms with Crippen LogP contribution in [-0.4, -0.2) is 0 Å². The highest BCUT2D eigenvalue weighted by Crippen LogP contribution is 2.61. The van der Waals surface area contributed by atoms with Gasteiger partial charge in [-0.2, -0.15) is 0 Å². The van der Waals surface area contributed by atoms with E-state index in [2.05, 4.69) is 53.7 Å². The van der Waals surface area contributed by atoms with Crippen LogP contribution in [0.1, 0.15) is 80.7 Å². The van der Waals surface area contributed by atoms with Gasteiger partial charge in [-0.1, -0.05) is 47.0 Å². The zero-order chi connectivity index (χ0) is 17.5. The maximum absolute atomic E-state index is 2.52. The second-order valence-corrected chi connectivity index (χ2v) is 10.7. The molecule has 2 heteroatoms. The van der Waals surface area contributed by atoms with Crippen molar-refractivity contribution in [3.8, 4) is 9.75 Å². The van der Waals surface area contributed by atoms with E-state index in [4.69, 9.17) is 0 Å². The summed E-state index contributed by atoms with van der Waals surface area (Å²) in [5.74, 6) is 1.44. The fourth-order valence-electron chi connectivity index (χ4n) is 4.72. The van der Waals surface area contributed by atoms with Crippen molar-refractivity contribution in [2.75, 3.05) is 0 Å². The van der Waals surface area contributed by atoms with Gasteiger partial charge in [-0.15, -0.1) is 22.7 Å². The standard InChI is InChI=1S/C22H32S2/c1-7-8-9-10-15(4)22(13-14(2)3)18-11-16(5)23-20(18)21-19(22)12-17(6)24-21/h11-12,14-15H,7-10,13H2,1-6H3. The largest absolute Gasteiger partial charge is 0.139 e. The highest BCUT2D eigenvalue weighted by molar-refractivity contribution is 7.22. The Kier molecular flexibility index (Phi) is 5.28. The van der Waals surface area contributed by atoms with Crippen LogP contribution in [0.5, 0.6) is 0 Å². The molecule has 0 N–H and O–H groups in total. The summed E-state index contributed by atoms with van der Waals surface area (Å²) in [4.78, 5) is 6.13. The lowest BCUT2D eigenvalue weighted by atomic mass is 9.64. The van der Waals surface area contributed by atoms with Gasteiger partial charge in [0.1, 0.15) is 0 Å². The van der Waals surface area contributed by atoms with E-state index >= 15 is 0 Å². The predicted octanol–water partition coefficient (Wildman–Crippen LogP) is 7.96. The molecule has 24 heavy (non-hydrogen) atoms. The van der Waals surface area contributed by atoms with Crippen LogP contribution >= 0.6 is 22.7 Å². The van der Waals surface area contributed by atoms with Crippen molar-refractivity contribution < 1.29 is 0 Å². The molecule has 0 amide bonds. The maximum Gasteiger partial charge on any atom is 0.0489 e. The highest BCUT2D eigenvalue weighted by Gasteiger charge is 2.48. The van der Waals surface area contributed by atoms with E-state index in [1.165, 1.54) is 41.9 Å². The molecule has 2 heterocycles. The summed E-state index contributed by atoms with van der Waals surface area (Å²) in [6, 6.07) is 5.03. The first-order valence-corrected chi connectivity index (χ1v) is 11.3. The first-order valence-electron chi connectivity index (χ1n) is 9.62. The summed E-state index contributed by atoms with van der Waals surface area (Å²) in [7, 11) is 0. The van der Waals surface area contributed by atoms with Gasteiger partial charge >= 0.3 is 0 Å². The van der Waals surface area contributed by atoms with E-state index in [-0.39, 0.29) is 5.41 Å². The minimum Gasteiger partial charge on any atom is -0.139 e. The lowest BCUT2D eigenvalue weighted by Crippen LogP contribution is -2.34. The molecule has 0 aliphatic heterocycles. The van der Waals surface area contributed by atoms with E-state index in [0.29, 0.717) is 0 Å². The third kappa shape index (κ3) is 2.90. The van der Waals surface area contributed by atoms with Gasteiger partial charge < -0.3 is 0 Å². The van der Waals surface area contributed by atoms with E-state index in [9.17, 15) is 0 Å². The van der Waals surface area contributed by atoms with Crippen molar-refractivity contribution in [1.29, 1.82) is 0 Å². The molecule has 132 valence electrons. The number of thiophene rings is 2. The lowest BCUT2D eigenvalue weighted by molar-refractivity contribution is 0.272. The third-order valence-corrected chi connectivity index (χ3v) is 7.96. The molecule has 1 aliphatic rings. The molecule has 1 aliphatic carbocycles. The van der Waals surface area contributed by atoms with Crippen molar-refractivity contribution >= 4 is 22.7 Å². The van der Waals surface area contributed by atoms with Gasteiger partial charge in [-0.25, -0.2) is 0 Å². The summed E-state index contributed by atoms with van der Waals surface area (Å²) in [6.45, 7) is 14.2. The van der Waals surface area contributed by atoms with Gasteiger partial charge in [0.15, 0.2) is 0 Å². The average molecular weight is 361 g/mol. The summed E-state index contributed by atoms with van der Waals surface area (Å²) >= 11 is 4.04. The van der Waals surface area contributed by atoms with Crippen molar-refractivity contribution in [2.45, 2.75) is 79.1 Å². The fraction of sp³-hybridized carbons (Fsp3) is 0.636. The number of hydrogen-bond acceptors (Lipinski definition) is 2. The van der Waals surface area contributed by atoms with Crippen LogP contribution in [0, 0.1) is 25.7 Å². The average Bonchev–Trinajstić information content (AvgIpc) is 3.12. The van der Waals surface area contributed by atoms with Crippen LogP contribution in [0.3, 0.4) is 0 Å². The Morgan fingerprint density at radius 1 is 0.917 bits per heavy atom. The van der Waals surface area contributed by atoms with Crippen LogP contribution in [0.25, 0.3) is 9.75 Å². The lowest BCUT2D eigenvalue weighted by Gasteiger charge is -2.39. The molecule has 0 nitrogen and oxygen atoms in total. The molecule has 0 radical (unpaired) electrons. The quantitative estimate of drug-likeness (QED) is 0.439. The molecular formula is C22H32S2. The molecule has 3 rings (SSSR count). The predicted molar refractivity (Wildman–Crippen MR) is 111 cm³/mol. The van der Waals surface area contributed by atoms with Gasteiger partial charge in [0.25, 0.3) is 0 Å². The molecule has 0 fully saturated rings. The second kappa shape index (κ2) is 6.96. The Bertz CT molecular complexity index is 655. The van der Waals surface area contributed by atoms with Crippen LogP contribution in [0.2, 0.25) is 0 Å². The summed E-state index contributed by atoms with van der Waals surface area (Å²) < 4.78 is 0. The molecule has 1 unspecified atom stereocenters. The van der Waals surface area contributed by atoms with Crippen LogP contribution < -0.4 is 0 Å². The molecule has 0 bridgehead atoms. The number of fused-ring (bicyclic) bond motifs is 3. The van der Waals surface area contributed by atoms with Crippen molar-refractivity contribution in [1.82, 2.24) is 0 Å². The molecular weight excluding hydrogens is 328 g/mol. The molecule has 0 saturated carbocycles. The summed E-state index contributed by atoms with van der Waals surface area (Å²) in [5, 5.41) is 0. The number of hydrogen-bond donors (Lipinski definition) is 0. The molecule has 0 saturated heterocycles. The zero-order valence-electron chi connectivity index (χ0n) is 16.2. The minimum absolute atomic E-state index is 0.252. The molecule has 1 atom stereocenters. The van der Waals surface area contributed by atoms with Gasteiger partial charge in [-0.3, -0.25) is 0 Å². The smallest absolute Gasteiger partial charge is 0.0489 e. The molecule has 2 aromatic heterocycles. The fourth-order valence-corrected chi connectivity index (χ4v) is 7.07. The van der Waals surface area contributed by atoms with Crippen molar-refractivity contribution in [2.24, 2.45) is 11.8 Å². The first-order chi connectivity index (χ1) is 11.4. The number of unbranched alkanes of at least 4 members (excludes halogenated alkanes) is 2. The van der Waals surface area contributed by atoms with Gasteiger partial charge in [0, 0.05) is 24.9 Å².